The number of H-pyrrole nitrogens is 1. The molecular formula is C30H38N6O5. The van der Waals surface area contributed by atoms with Gasteiger partial charge in [-0.3, -0.25) is 14.4 Å². The maximum absolute atomic E-state index is 13.6. The van der Waals surface area contributed by atoms with E-state index in [9.17, 15) is 19.2 Å². The van der Waals surface area contributed by atoms with E-state index in [2.05, 4.69) is 15.3 Å². The summed E-state index contributed by atoms with van der Waals surface area (Å²) in [5, 5.41) is 5.40. The lowest BCUT2D eigenvalue weighted by atomic mass is 9.83. The van der Waals surface area contributed by atoms with Gasteiger partial charge < -0.3 is 30.6 Å². The molecule has 1 unspecified atom stereocenters. The summed E-state index contributed by atoms with van der Waals surface area (Å²) >= 11 is 0. The predicted molar refractivity (Wildman–Crippen MR) is 153 cm³/mol. The number of imidazole rings is 1. The lowest BCUT2D eigenvalue weighted by Crippen LogP contribution is -2.60. The maximum atomic E-state index is 13.6. The summed E-state index contributed by atoms with van der Waals surface area (Å²) in [5.74, 6) is -1.69. The van der Waals surface area contributed by atoms with Crippen LogP contribution in [0.1, 0.15) is 43.4 Å². The number of carbonyl (C=O) groups is 4. The summed E-state index contributed by atoms with van der Waals surface area (Å²) < 4.78 is 5.21. The third-order valence-corrected chi connectivity index (χ3v) is 8.00. The van der Waals surface area contributed by atoms with Crippen LogP contribution in [0.3, 0.4) is 0 Å². The van der Waals surface area contributed by atoms with E-state index >= 15 is 0 Å². The molecule has 3 amide bonds. The third-order valence-electron chi connectivity index (χ3n) is 8.00. The van der Waals surface area contributed by atoms with E-state index in [0.717, 1.165) is 22.8 Å². The number of nitrogens with zero attached hydrogens (tertiary/aromatic N) is 3. The van der Waals surface area contributed by atoms with Crippen molar-refractivity contribution in [3.63, 3.8) is 0 Å². The highest BCUT2D eigenvalue weighted by Gasteiger charge is 2.49. The van der Waals surface area contributed by atoms with Crippen LogP contribution >= 0.6 is 0 Å². The highest BCUT2D eigenvalue weighted by molar-refractivity contribution is 5.90. The molecule has 2 heterocycles. The number of methoxy groups -OCH3 is 1. The summed E-state index contributed by atoms with van der Waals surface area (Å²) in [5.41, 5.74) is 5.67. The number of fused-ring (bicyclic) bond motifs is 1. The van der Waals surface area contributed by atoms with E-state index in [-0.39, 0.29) is 50.1 Å². The zero-order valence-electron chi connectivity index (χ0n) is 23.6. The van der Waals surface area contributed by atoms with Crippen molar-refractivity contribution >= 4 is 34.5 Å². The quantitative estimate of drug-likeness (QED) is 0.269. The number of likely N-dealkylation sites (tertiary alicyclic amines) is 1. The number of esters is 1. The molecule has 2 atom stereocenters. The molecule has 1 aliphatic heterocycles. The molecule has 0 saturated carbocycles. The lowest BCUT2D eigenvalue weighted by Gasteiger charge is -2.42. The van der Waals surface area contributed by atoms with Gasteiger partial charge in [-0.05, 0) is 35.6 Å². The van der Waals surface area contributed by atoms with Crippen LogP contribution < -0.4 is 11.1 Å². The molecule has 0 radical (unpaired) electrons. The van der Waals surface area contributed by atoms with Crippen LogP contribution in [0.5, 0.6) is 0 Å². The Hall–Kier alpha value is -4.25. The number of amides is 3. The van der Waals surface area contributed by atoms with Gasteiger partial charge in [0.2, 0.25) is 17.7 Å². The van der Waals surface area contributed by atoms with Crippen LogP contribution in [-0.2, 0) is 36.9 Å². The van der Waals surface area contributed by atoms with Gasteiger partial charge in [0.15, 0.2) is 0 Å². The smallest absolute Gasteiger partial charge is 0.331 e. The van der Waals surface area contributed by atoms with Crippen molar-refractivity contribution in [2.24, 2.45) is 5.73 Å². The number of hydrogen-bond acceptors (Lipinski definition) is 7. The Balaban J connectivity index is 1.52. The minimum absolute atomic E-state index is 0.0154. The van der Waals surface area contributed by atoms with Crippen molar-refractivity contribution in [1.82, 2.24) is 25.1 Å². The van der Waals surface area contributed by atoms with Crippen LogP contribution in [0.15, 0.2) is 55.0 Å². The van der Waals surface area contributed by atoms with Gasteiger partial charge in [0.25, 0.3) is 0 Å². The Bertz CT molecular complexity index is 1370. The second-order valence-corrected chi connectivity index (χ2v) is 10.5. The number of hydrogen-bond donors (Lipinski definition) is 3. The molecule has 2 aromatic carbocycles. The number of nitrogens with one attached hydrogen (secondary N) is 2. The molecule has 0 spiro atoms. The van der Waals surface area contributed by atoms with E-state index in [1.807, 2.05) is 42.5 Å². The van der Waals surface area contributed by atoms with E-state index in [4.69, 9.17) is 10.5 Å². The Morgan fingerprint density at radius 2 is 1.98 bits per heavy atom. The first kappa shape index (κ1) is 29.7. The molecule has 3 aromatic rings. The van der Waals surface area contributed by atoms with Crippen LogP contribution in [0.4, 0.5) is 0 Å². The van der Waals surface area contributed by atoms with Gasteiger partial charge in [0.1, 0.15) is 5.54 Å². The van der Waals surface area contributed by atoms with Gasteiger partial charge in [-0.1, -0.05) is 42.5 Å². The zero-order valence-corrected chi connectivity index (χ0v) is 23.6. The molecule has 41 heavy (non-hydrogen) atoms. The fraction of sp³-hybridized carbons (Fsp3) is 0.433. The summed E-state index contributed by atoms with van der Waals surface area (Å²) in [7, 11) is 2.80. The molecule has 1 saturated heterocycles. The van der Waals surface area contributed by atoms with Gasteiger partial charge in [0, 0.05) is 45.2 Å². The maximum Gasteiger partial charge on any atom is 0.331 e. The molecule has 11 nitrogen and oxygen atoms in total. The summed E-state index contributed by atoms with van der Waals surface area (Å²) in [6, 6.07) is 13.7. The number of nitrogens with two attached hydrogens (primary N) is 1. The standard InChI is InChI=1S/C30H38N6O5/c1-35(28(39)19-32-17-22-9-5-8-21-7-3-4-11-25(21)22)30(29(40)41-2,13-12-26(31)37)16-24-10-6-14-36(24)27(38)15-23-18-33-20-34-23/h3-5,7-9,11,18,20,24,32H,6,10,12-17,19H2,1-2H3,(H2,31,37)(H,33,34)/t24?,30-/m0/s1. The monoisotopic (exact) mass is 562 g/mol. The van der Waals surface area contributed by atoms with Gasteiger partial charge >= 0.3 is 5.97 Å². The first-order valence-corrected chi connectivity index (χ1v) is 13.8. The van der Waals surface area contributed by atoms with Crippen LogP contribution in [0, 0.1) is 0 Å². The fourth-order valence-corrected chi connectivity index (χ4v) is 5.77. The summed E-state index contributed by atoms with van der Waals surface area (Å²) in [6.07, 6.45) is 4.72. The third kappa shape index (κ3) is 6.91. The second-order valence-electron chi connectivity index (χ2n) is 10.5. The van der Waals surface area contributed by atoms with E-state index in [1.165, 1.54) is 18.3 Å². The van der Waals surface area contributed by atoms with Crippen molar-refractivity contribution in [3.05, 3.63) is 66.2 Å². The normalized spacial score (nSPS) is 16.3. The minimum atomic E-state index is -1.48. The van der Waals surface area contributed by atoms with E-state index in [1.54, 1.807) is 18.1 Å². The Morgan fingerprint density at radius 1 is 1.20 bits per heavy atom. The molecule has 0 aliphatic carbocycles. The van der Waals surface area contributed by atoms with Gasteiger partial charge in [-0.25, -0.2) is 9.78 Å². The Kier molecular flexibility index (Phi) is 9.72. The SMILES string of the molecule is COC(=O)[C@](CCC(N)=O)(CC1CCCN1C(=O)Cc1c[nH]cn1)N(C)C(=O)CNCc1cccc2ccccc12. The van der Waals surface area contributed by atoms with Crippen LogP contribution in [-0.4, -0.2) is 82.3 Å². The molecule has 1 aromatic heterocycles. The second kappa shape index (κ2) is 13.4. The highest BCUT2D eigenvalue weighted by Crippen LogP contribution is 2.34. The minimum Gasteiger partial charge on any atom is -0.467 e. The number of carbonyl (C=O) groups excluding carboxylic acids is 4. The van der Waals surface area contributed by atoms with Crippen molar-refractivity contribution in [1.29, 1.82) is 0 Å². The molecule has 218 valence electrons. The number of rotatable bonds is 13. The van der Waals surface area contributed by atoms with Crippen molar-refractivity contribution < 1.29 is 23.9 Å². The number of aromatic amines is 1. The zero-order chi connectivity index (χ0) is 29.4. The number of primary amides is 1. The fourth-order valence-electron chi connectivity index (χ4n) is 5.77. The number of aromatic nitrogens is 2. The molecular weight excluding hydrogens is 524 g/mol. The molecule has 0 bridgehead atoms. The Morgan fingerprint density at radius 3 is 2.71 bits per heavy atom. The van der Waals surface area contributed by atoms with Crippen molar-refractivity contribution in [2.75, 3.05) is 27.2 Å². The van der Waals surface area contributed by atoms with Crippen LogP contribution in [0.25, 0.3) is 10.8 Å². The van der Waals surface area contributed by atoms with E-state index in [0.29, 0.717) is 25.2 Å². The summed E-state index contributed by atoms with van der Waals surface area (Å²) in [4.78, 5) is 62.1. The average Bonchev–Trinajstić information content (AvgIpc) is 3.66. The molecule has 11 heteroatoms. The first-order valence-electron chi connectivity index (χ1n) is 13.8. The number of benzene rings is 2. The van der Waals surface area contributed by atoms with Crippen LogP contribution in [0.2, 0.25) is 0 Å². The van der Waals surface area contributed by atoms with Crippen molar-refractivity contribution in [2.45, 2.75) is 56.7 Å². The Labute approximate surface area is 239 Å². The predicted octanol–water partition coefficient (Wildman–Crippen LogP) is 1.91. The van der Waals surface area contributed by atoms with Gasteiger partial charge in [-0.2, -0.15) is 0 Å². The lowest BCUT2D eigenvalue weighted by molar-refractivity contribution is -0.163. The molecule has 4 rings (SSSR count). The van der Waals surface area contributed by atoms with E-state index < -0.39 is 17.4 Å². The van der Waals surface area contributed by atoms with Gasteiger partial charge in [-0.15, -0.1) is 0 Å². The molecule has 1 aliphatic rings. The number of ether oxygens (including phenoxy) is 1. The van der Waals surface area contributed by atoms with Crippen molar-refractivity contribution in [3.8, 4) is 0 Å². The number of likely N-dealkylation sites (N-methyl/N-ethyl adjacent to an activating group) is 1. The molecule has 1 fully saturated rings. The summed E-state index contributed by atoms with van der Waals surface area (Å²) in [6.45, 7) is 0.943. The highest BCUT2D eigenvalue weighted by atomic mass is 16.5. The largest absolute Gasteiger partial charge is 0.467 e. The topological polar surface area (TPSA) is 151 Å². The average molecular weight is 563 g/mol. The first-order chi connectivity index (χ1) is 19.7. The van der Waals surface area contributed by atoms with Gasteiger partial charge in [0.05, 0.1) is 32.1 Å². The molecule has 4 N–H and O–H groups in total.